The Morgan fingerprint density at radius 1 is 1.42 bits per heavy atom. The number of H-pyrrole nitrogens is 1. The summed E-state index contributed by atoms with van der Waals surface area (Å²) >= 11 is 0. The van der Waals surface area contributed by atoms with Gasteiger partial charge in [-0.3, -0.25) is 4.79 Å². The van der Waals surface area contributed by atoms with Gasteiger partial charge in [-0.05, 0) is 27.7 Å². The number of rotatable bonds is 3. The van der Waals surface area contributed by atoms with E-state index in [1.807, 2.05) is 20.8 Å². The molecule has 1 aromatic rings. The second-order valence-electron chi connectivity index (χ2n) is 6.03. The van der Waals surface area contributed by atoms with Crippen LogP contribution < -0.4 is 16.2 Å². The lowest BCUT2D eigenvalue weighted by atomic mass is 10.0. The van der Waals surface area contributed by atoms with Gasteiger partial charge in [-0.1, -0.05) is 0 Å². The zero-order chi connectivity index (χ0) is 14.2. The van der Waals surface area contributed by atoms with E-state index in [4.69, 9.17) is 5.41 Å². The molecule has 6 nitrogen and oxygen atoms in total. The quantitative estimate of drug-likeness (QED) is 0.613. The van der Waals surface area contributed by atoms with Gasteiger partial charge in [0.1, 0.15) is 17.2 Å². The van der Waals surface area contributed by atoms with Crippen LogP contribution in [0.5, 0.6) is 0 Å². The monoisotopic (exact) mass is 263 g/mol. The minimum absolute atomic E-state index is 0.208. The highest BCUT2D eigenvalue weighted by molar-refractivity contribution is 6.00. The average molecular weight is 263 g/mol. The largest absolute Gasteiger partial charge is 0.365 e. The molecule has 1 fully saturated rings. The lowest BCUT2D eigenvalue weighted by Gasteiger charge is -2.28. The molecule has 1 aliphatic heterocycles. The van der Waals surface area contributed by atoms with Crippen LogP contribution in [0.15, 0.2) is 4.79 Å². The van der Waals surface area contributed by atoms with Gasteiger partial charge in [0.2, 0.25) is 0 Å². The number of hydrogen-bond acceptors (Lipinski definition) is 5. The normalized spacial score (nSPS) is 16.0. The van der Waals surface area contributed by atoms with Crippen molar-refractivity contribution < 1.29 is 0 Å². The maximum atomic E-state index is 12.1. The summed E-state index contributed by atoms with van der Waals surface area (Å²) in [4.78, 5) is 19.4. The fourth-order valence-corrected chi connectivity index (χ4v) is 1.96. The van der Waals surface area contributed by atoms with E-state index >= 15 is 0 Å². The Hall–Kier alpha value is -1.69. The predicted molar refractivity (Wildman–Crippen MR) is 76.3 cm³/mol. The standard InChI is InChI=1S/C13H21N5O/c1-7(14)9-11(18-13(2,3)4)16-10(17-12(9)19)8-5-15-6-8/h8,14-15H,5-6H2,1-4H3,(H2,16,17,18,19). The van der Waals surface area contributed by atoms with Crippen molar-refractivity contribution in [2.75, 3.05) is 18.4 Å². The SMILES string of the molecule is CC(=N)c1c(NC(C)(C)C)nc(C2CNC2)[nH]c1=O. The summed E-state index contributed by atoms with van der Waals surface area (Å²) in [5.74, 6) is 1.46. The lowest BCUT2D eigenvalue weighted by molar-refractivity contribution is 0.429. The number of aromatic nitrogens is 2. The zero-order valence-electron chi connectivity index (χ0n) is 11.8. The Morgan fingerprint density at radius 2 is 2.05 bits per heavy atom. The molecule has 0 amide bonds. The van der Waals surface area contributed by atoms with E-state index in [9.17, 15) is 4.79 Å². The maximum absolute atomic E-state index is 12.1. The van der Waals surface area contributed by atoms with E-state index in [1.54, 1.807) is 6.92 Å². The Morgan fingerprint density at radius 3 is 2.47 bits per heavy atom. The highest BCUT2D eigenvalue weighted by Gasteiger charge is 2.25. The summed E-state index contributed by atoms with van der Waals surface area (Å²) in [5, 5.41) is 14.1. The van der Waals surface area contributed by atoms with Crippen LogP contribution >= 0.6 is 0 Å². The van der Waals surface area contributed by atoms with Crippen molar-refractivity contribution in [2.24, 2.45) is 0 Å². The number of anilines is 1. The average Bonchev–Trinajstić information content (AvgIpc) is 2.09. The molecule has 0 aliphatic carbocycles. The molecular weight excluding hydrogens is 242 g/mol. The molecule has 1 aliphatic rings. The maximum Gasteiger partial charge on any atom is 0.262 e. The highest BCUT2D eigenvalue weighted by atomic mass is 16.1. The summed E-state index contributed by atoms with van der Waals surface area (Å²) in [6.45, 7) is 9.28. The van der Waals surface area contributed by atoms with Gasteiger partial charge in [0.05, 0.1) is 0 Å². The van der Waals surface area contributed by atoms with Crippen LogP contribution in [-0.2, 0) is 0 Å². The van der Waals surface area contributed by atoms with E-state index in [2.05, 4.69) is 20.6 Å². The number of nitrogens with one attached hydrogen (secondary N) is 4. The number of hydrogen-bond donors (Lipinski definition) is 4. The third kappa shape index (κ3) is 3.01. The molecule has 0 bridgehead atoms. The van der Waals surface area contributed by atoms with Crippen LogP contribution in [0.3, 0.4) is 0 Å². The molecule has 104 valence electrons. The Kier molecular flexibility index (Phi) is 3.45. The van der Waals surface area contributed by atoms with Crippen LogP contribution in [-0.4, -0.2) is 34.3 Å². The summed E-state index contributed by atoms with van der Waals surface area (Å²) in [6.07, 6.45) is 0. The van der Waals surface area contributed by atoms with Crippen LogP contribution in [0.25, 0.3) is 0 Å². The first kappa shape index (κ1) is 13.7. The topological polar surface area (TPSA) is 93.7 Å². The van der Waals surface area contributed by atoms with Crippen LogP contribution in [0.4, 0.5) is 5.82 Å². The summed E-state index contributed by atoms with van der Waals surface area (Å²) in [6, 6.07) is 0. The Labute approximate surface area is 112 Å². The Balaban J connectivity index is 2.48. The van der Waals surface area contributed by atoms with Crippen molar-refractivity contribution in [3.8, 4) is 0 Å². The third-order valence-corrected chi connectivity index (χ3v) is 2.97. The first-order chi connectivity index (χ1) is 8.78. The van der Waals surface area contributed by atoms with Crippen molar-refractivity contribution in [1.29, 1.82) is 5.41 Å². The van der Waals surface area contributed by atoms with Gasteiger partial charge in [-0.15, -0.1) is 0 Å². The fraction of sp³-hybridized carbons (Fsp3) is 0.615. The summed E-state index contributed by atoms with van der Waals surface area (Å²) in [7, 11) is 0. The second-order valence-corrected chi connectivity index (χ2v) is 6.03. The molecule has 0 spiro atoms. The van der Waals surface area contributed by atoms with E-state index < -0.39 is 0 Å². The molecule has 0 saturated carbocycles. The van der Waals surface area contributed by atoms with Crippen molar-refractivity contribution in [2.45, 2.75) is 39.2 Å². The van der Waals surface area contributed by atoms with Gasteiger partial charge in [0, 0.05) is 30.3 Å². The molecule has 19 heavy (non-hydrogen) atoms. The second kappa shape index (κ2) is 4.77. The zero-order valence-corrected chi connectivity index (χ0v) is 11.8. The molecule has 6 heteroatoms. The third-order valence-electron chi connectivity index (χ3n) is 2.97. The first-order valence-corrected chi connectivity index (χ1v) is 6.46. The van der Waals surface area contributed by atoms with Gasteiger partial charge in [0.25, 0.3) is 5.56 Å². The van der Waals surface area contributed by atoms with Crippen molar-refractivity contribution in [3.63, 3.8) is 0 Å². The number of nitrogens with zero attached hydrogens (tertiary/aromatic N) is 1. The van der Waals surface area contributed by atoms with E-state index in [1.165, 1.54) is 0 Å². The fourth-order valence-electron chi connectivity index (χ4n) is 1.96. The molecule has 0 radical (unpaired) electrons. The minimum Gasteiger partial charge on any atom is -0.365 e. The molecular formula is C13H21N5O. The van der Waals surface area contributed by atoms with Gasteiger partial charge < -0.3 is 21.0 Å². The predicted octanol–water partition coefficient (Wildman–Crippen LogP) is 1.05. The van der Waals surface area contributed by atoms with Crippen LogP contribution in [0.1, 0.15) is 45.0 Å². The Bertz CT molecular complexity index is 551. The van der Waals surface area contributed by atoms with Crippen molar-refractivity contribution >= 4 is 11.5 Å². The van der Waals surface area contributed by atoms with Crippen LogP contribution in [0, 0.1) is 5.41 Å². The van der Waals surface area contributed by atoms with Gasteiger partial charge in [-0.25, -0.2) is 4.98 Å². The molecule has 1 saturated heterocycles. The minimum atomic E-state index is -0.240. The molecule has 0 aromatic carbocycles. The van der Waals surface area contributed by atoms with E-state index in [-0.39, 0.29) is 22.7 Å². The molecule has 2 rings (SSSR count). The summed E-state index contributed by atoms with van der Waals surface area (Å²) in [5.41, 5.74) is 0.0982. The lowest BCUT2D eigenvalue weighted by Crippen LogP contribution is -2.42. The van der Waals surface area contributed by atoms with Crippen molar-refractivity contribution in [3.05, 3.63) is 21.7 Å². The molecule has 0 atom stereocenters. The number of aromatic amines is 1. The van der Waals surface area contributed by atoms with E-state index in [0.717, 1.165) is 13.1 Å². The molecule has 1 aromatic heterocycles. The van der Waals surface area contributed by atoms with Crippen molar-refractivity contribution in [1.82, 2.24) is 15.3 Å². The molecule has 2 heterocycles. The van der Waals surface area contributed by atoms with Crippen LogP contribution in [0.2, 0.25) is 0 Å². The summed E-state index contributed by atoms with van der Waals surface area (Å²) < 4.78 is 0. The first-order valence-electron chi connectivity index (χ1n) is 6.46. The van der Waals surface area contributed by atoms with Gasteiger partial charge in [-0.2, -0.15) is 0 Å². The smallest absolute Gasteiger partial charge is 0.262 e. The van der Waals surface area contributed by atoms with Gasteiger partial charge >= 0.3 is 0 Å². The highest BCUT2D eigenvalue weighted by Crippen LogP contribution is 2.20. The molecule has 0 unspecified atom stereocenters. The van der Waals surface area contributed by atoms with Gasteiger partial charge in [0.15, 0.2) is 0 Å². The van der Waals surface area contributed by atoms with E-state index in [0.29, 0.717) is 17.2 Å². The molecule has 4 N–H and O–H groups in total.